The van der Waals surface area contributed by atoms with E-state index in [0.717, 1.165) is 4.90 Å². The number of alkyl halides is 1. The molecule has 1 rings (SSSR count). The first-order chi connectivity index (χ1) is 7.52. The van der Waals surface area contributed by atoms with Crippen molar-refractivity contribution in [1.29, 1.82) is 0 Å². The number of carbonyl (C=O) groups excluding carboxylic acids is 4. The highest BCUT2D eigenvalue weighted by Crippen LogP contribution is 1.96. The van der Waals surface area contributed by atoms with Crippen LogP contribution in [-0.4, -0.2) is 47.6 Å². The molecule has 1 heterocycles. The Labute approximate surface area is 96.1 Å². The van der Waals surface area contributed by atoms with Gasteiger partial charge in [0.05, 0.1) is 0 Å². The topological polar surface area (TPSA) is 95.6 Å². The summed E-state index contributed by atoms with van der Waals surface area (Å²) >= 11 is 5.31. The van der Waals surface area contributed by atoms with Crippen LogP contribution in [0, 0.1) is 0 Å². The Morgan fingerprint density at radius 3 is 2.38 bits per heavy atom. The first-order valence-electron chi connectivity index (χ1n) is 4.50. The third-order valence-electron chi connectivity index (χ3n) is 1.80. The second kappa shape index (κ2) is 5.45. The van der Waals surface area contributed by atoms with Crippen LogP contribution in [0.1, 0.15) is 6.42 Å². The van der Waals surface area contributed by atoms with E-state index in [1.807, 2.05) is 10.6 Å². The van der Waals surface area contributed by atoms with Gasteiger partial charge < -0.3 is 4.90 Å². The molecule has 0 aromatic heterocycles. The number of nitrogens with zero attached hydrogens (tertiary/aromatic N) is 1. The number of hydrogen-bond acceptors (Lipinski definition) is 4. The van der Waals surface area contributed by atoms with Crippen LogP contribution in [-0.2, 0) is 14.4 Å². The highest BCUT2D eigenvalue weighted by Gasteiger charge is 2.26. The largest absolute Gasteiger partial charge is 0.324 e. The summed E-state index contributed by atoms with van der Waals surface area (Å²) in [4.78, 5) is 45.3. The van der Waals surface area contributed by atoms with Crippen LogP contribution in [0.2, 0.25) is 0 Å². The Kier molecular flexibility index (Phi) is 4.24. The lowest BCUT2D eigenvalue weighted by Crippen LogP contribution is -2.56. The molecule has 0 bridgehead atoms. The molecule has 1 fully saturated rings. The van der Waals surface area contributed by atoms with Crippen molar-refractivity contribution < 1.29 is 19.2 Å². The van der Waals surface area contributed by atoms with Crippen molar-refractivity contribution in [3.05, 3.63) is 0 Å². The summed E-state index contributed by atoms with van der Waals surface area (Å²) in [7, 11) is 0. The Morgan fingerprint density at radius 2 is 1.88 bits per heavy atom. The van der Waals surface area contributed by atoms with Gasteiger partial charge in [0.1, 0.15) is 13.1 Å². The zero-order chi connectivity index (χ0) is 12.1. The van der Waals surface area contributed by atoms with E-state index in [0.29, 0.717) is 0 Å². The smallest absolute Gasteiger partial charge is 0.306 e. The van der Waals surface area contributed by atoms with Gasteiger partial charge in [-0.2, -0.15) is 0 Å². The van der Waals surface area contributed by atoms with Crippen molar-refractivity contribution >= 4 is 35.4 Å². The molecule has 2 N–H and O–H groups in total. The zero-order valence-corrected chi connectivity index (χ0v) is 9.04. The van der Waals surface area contributed by atoms with Crippen molar-refractivity contribution in [2.45, 2.75) is 6.42 Å². The fraction of sp³-hybridized carbons (Fsp3) is 0.500. The third-order valence-corrected chi connectivity index (χ3v) is 1.99. The molecule has 0 saturated carbocycles. The first kappa shape index (κ1) is 12.4. The fourth-order valence-electron chi connectivity index (χ4n) is 1.13. The minimum absolute atomic E-state index is 0.00127. The molecule has 0 aromatic carbocycles. The van der Waals surface area contributed by atoms with Gasteiger partial charge in [-0.05, 0) is 0 Å². The van der Waals surface area contributed by atoms with Gasteiger partial charge >= 0.3 is 6.03 Å². The summed E-state index contributed by atoms with van der Waals surface area (Å²) in [6.07, 6.45) is 0.00127. The van der Waals surface area contributed by atoms with Crippen LogP contribution in [0.15, 0.2) is 0 Å². The van der Waals surface area contributed by atoms with Crippen molar-refractivity contribution in [3.63, 3.8) is 0 Å². The molecule has 88 valence electrons. The quantitative estimate of drug-likeness (QED) is 0.474. The maximum Gasteiger partial charge on any atom is 0.324 e. The molecule has 0 radical (unpaired) electrons. The maximum absolute atomic E-state index is 11.4. The highest BCUT2D eigenvalue weighted by molar-refractivity contribution is 6.19. The molecular formula is C8H10ClN3O4. The molecule has 0 unspecified atom stereocenters. The van der Waals surface area contributed by atoms with Crippen LogP contribution in [0.5, 0.6) is 0 Å². The van der Waals surface area contributed by atoms with E-state index in [1.165, 1.54) is 0 Å². The molecule has 0 aliphatic carbocycles. The van der Waals surface area contributed by atoms with E-state index in [1.54, 1.807) is 0 Å². The van der Waals surface area contributed by atoms with Crippen LogP contribution >= 0.6 is 11.6 Å². The van der Waals surface area contributed by atoms with Gasteiger partial charge in [-0.15, -0.1) is 11.6 Å². The molecule has 8 heteroatoms. The Hall–Kier alpha value is -1.63. The molecule has 5 amide bonds. The fourth-order valence-corrected chi connectivity index (χ4v) is 1.30. The lowest BCUT2D eigenvalue weighted by Gasteiger charge is -2.25. The molecular weight excluding hydrogens is 238 g/mol. The average molecular weight is 248 g/mol. The van der Waals surface area contributed by atoms with Crippen molar-refractivity contribution in [3.8, 4) is 0 Å². The second-order valence-electron chi connectivity index (χ2n) is 3.12. The number of imide groups is 2. The summed E-state index contributed by atoms with van der Waals surface area (Å²) in [5.41, 5.74) is 0. The number of piperazine rings is 1. The molecule has 1 aliphatic rings. The highest BCUT2D eigenvalue weighted by atomic mass is 35.5. The second-order valence-corrected chi connectivity index (χ2v) is 3.50. The van der Waals surface area contributed by atoms with Gasteiger partial charge in [-0.3, -0.25) is 25.0 Å². The van der Waals surface area contributed by atoms with Gasteiger partial charge in [0, 0.05) is 12.3 Å². The van der Waals surface area contributed by atoms with Crippen molar-refractivity contribution in [2.75, 3.05) is 19.0 Å². The van der Waals surface area contributed by atoms with Gasteiger partial charge in [0.2, 0.25) is 17.7 Å². The van der Waals surface area contributed by atoms with Crippen LogP contribution in [0.3, 0.4) is 0 Å². The summed E-state index contributed by atoms with van der Waals surface area (Å²) in [6, 6.07) is -0.765. The number of halogens is 1. The van der Waals surface area contributed by atoms with E-state index in [2.05, 4.69) is 0 Å². The average Bonchev–Trinajstić information content (AvgIpc) is 2.16. The number of urea groups is 1. The molecule has 0 atom stereocenters. The first-order valence-corrected chi connectivity index (χ1v) is 5.04. The van der Waals surface area contributed by atoms with Crippen molar-refractivity contribution in [1.82, 2.24) is 15.5 Å². The normalized spacial score (nSPS) is 15.7. The SMILES string of the molecule is O=C1CN(C(=O)NC(=O)CCCl)CC(=O)N1. The number of nitrogens with one attached hydrogen (secondary N) is 2. The van der Waals surface area contributed by atoms with Crippen LogP contribution in [0.25, 0.3) is 0 Å². The summed E-state index contributed by atoms with van der Waals surface area (Å²) in [5.74, 6) is -1.59. The Morgan fingerprint density at radius 1 is 1.31 bits per heavy atom. The summed E-state index contributed by atoms with van der Waals surface area (Å²) in [5, 5.41) is 4.06. The Balaban J connectivity index is 2.50. The van der Waals surface area contributed by atoms with Crippen LogP contribution in [0.4, 0.5) is 4.79 Å². The molecule has 1 saturated heterocycles. The van der Waals surface area contributed by atoms with E-state index < -0.39 is 23.8 Å². The van der Waals surface area contributed by atoms with Gasteiger partial charge in [-0.1, -0.05) is 0 Å². The predicted octanol–water partition coefficient (Wildman–Crippen LogP) is -1.19. The number of amides is 5. The predicted molar refractivity (Wildman–Crippen MR) is 53.6 cm³/mol. The molecule has 16 heavy (non-hydrogen) atoms. The monoisotopic (exact) mass is 247 g/mol. The minimum Gasteiger partial charge on any atom is -0.306 e. The van der Waals surface area contributed by atoms with Gasteiger partial charge in [-0.25, -0.2) is 4.79 Å². The zero-order valence-electron chi connectivity index (χ0n) is 8.29. The van der Waals surface area contributed by atoms with E-state index in [4.69, 9.17) is 11.6 Å². The van der Waals surface area contributed by atoms with Gasteiger partial charge in [0.25, 0.3) is 0 Å². The van der Waals surface area contributed by atoms with E-state index in [9.17, 15) is 19.2 Å². The summed E-state index contributed by atoms with van der Waals surface area (Å²) in [6.45, 7) is -0.489. The van der Waals surface area contributed by atoms with Crippen LogP contribution < -0.4 is 10.6 Å². The minimum atomic E-state index is -0.765. The van der Waals surface area contributed by atoms with E-state index >= 15 is 0 Å². The molecule has 0 spiro atoms. The molecule has 7 nitrogen and oxygen atoms in total. The molecule has 1 aliphatic heterocycles. The third kappa shape index (κ3) is 3.50. The Bertz CT molecular complexity index is 328. The van der Waals surface area contributed by atoms with E-state index in [-0.39, 0.29) is 25.4 Å². The van der Waals surface area contributed by atoms with Crippen molar-refractivity contribution in [2.24, 2.45) is 0 Å². The van der Waals surface area contributed by atoms with Gasteiger partial charge in [0.15, 0.2) is 0 Å². The number of hydrogen-bond donors (Lipinski definition) is 2. The summed E-state index contributed by atoms with van der Waals surface area (Å²) < 4.78 is 0. The number of carbonyl (C=O) groups is 4. The molecule has 0 aromatic rings. The standard InChI is InChI=1S/C8H10ClN3O4/c9-2-1-5(13)11-8(16)12-3-6(14)10-7(15)4-12/h1-4H2,(H,10,14,15)(H,11,13,16). The lowest BCUT2D eigenvalue weighted by molar-refractivity contribution is -0.135. The maximum atomic E-state index is 11.4. The lowest BCUT2D eigenvalue weighted by atomic mass is 10.3. The number of rotatable bonds is 2.